The largest absolute Gasteiger partial charge is 0.506 e. The number of aromatic nitrogens is 2. The third-order valence-electron chi connectivity index (χ3n) is 3.34. The lowest BCUT2D eigenvalue weighted by molar-refractivity contribution is 0.398. The number of benzene rings is 1. The van der Waals surface area contributed by atoms with E-state index in [1.165, 1.54) is 25.3 Å². The predicted octanol–water partition coefficient (Wildman–Crippen LogP) is 2.32. The molecule has 3 aromatic rings. The Bertz CT molecular complexity index is 1030. The van der Waals surface area contributed by atoms with E-state index in [1.807, 2.05) is 0 Å². The molecule has 0 radical (unpaired) electrons. The first-order chi connectivity index (χ1) is 11.0. The number of hydrogen-bond acceptors (Lipinski definition) is 5. The van der Waals surface area contributed by atoms with Gasteiger partial charge in [0.15, 0.2) is 0 Å². The van der Waals surface area contributed by atoms with E-state index in [1.54, 1.807) is 18.2 Å². The summed E-state index contributed by atoms with van der Waals surface area (Å²) in [6.07, 6.45) is 0. The Balaban J connectivity index is 2.48. The molecule has 7 heteroatoms. The first kappa shape index (κ1) is 15.1. The number of pyridine rings is 1. The molecule has 6 nitrogen and oxygen atoms in total. The molecule has 0 aliphatic heterocycles. The summed E-state index contributed by atoms with van der Waals surface area (Å²) in [5.41, 5.74) is -1.56. The molecular formula is C16H11ClN2O4. The first-order valence-corrected chi connectivity index (χ1v) is 6.99. The number of aromatic amines is 1. The highest BCUT2D eigenvalue weighted by molar-refractivity contribution is 6.31. The standard InChI is InChI=1S/C16H11ClN2O4/c1-23-12-4-2-3-10(18-12)13-14(20)9-6-5-8(17)7-11(9)19-16(22)15(13)21/h2-7,20H,1H3,(H,19,21,22). The van der Waals surface area contributed by atoms with Gasteiger partial charge in [0.2, 0.25) is 5.88 Å². The Morgan fingerprint density at radius 3 is 2.74 bits per heavy atom. The molecule has 2 heterocycles. The summed E-state index contributed by atoms with van der Waals surface area (Å²) in [5.74, 6) is -0.0858. The van der Waals surface area contributed by atoms with Gasteiger partial charge in [0.25, 0.3) is 11.0 Å². The lowest BCUT2D eigenvalue weighted by atomic mass is 10.1. The number of nitrogens with one attached hydrogen (secondary N) is 1. The second-order valence-electron chi connectivity index (χ2n) is 4.76. The molecule has 0 fully saturated rings. The van der Waals surface area contributed by atoms with Crippen LogP contribution in [0.25, 0.3) is 22.2 Å². The molecule has 0 bridgehead atoms. The maximum Gasteiger partial charge on any atom is 0.297 e. The molecule has 0 amide bonds. The van der Waals surface area contributed by atoms with Crippen LogP contribution >= 0.6 is 11.6 Å². The smallest absolute Gasteiger partial charge is 0.297 e. The highest BCUT2D eigenvalue weighted by Gasteiger charge is 2.16. The van der Waals surface area contributed by atoms with Crippen LogP contribution in [-0.4, -0.2) is 22.2 Å². The molecule has 23 heavy (non-hydrogen) atoms. The second-order valence-corrected chi connectivity index (χ2v) is 5.20. The molecule has 0 spiro atoms. The van der Waals surface area contributed by atoms with E-state index in [0.717, 1.165) is 0 Å². The maximum atomic E-state index is 12.4. The van der Waals surface area contributed by atoms with E-state index in [-0.39, 0.29) is 33.8 Å². The Morgan fingerprint density at radius 2 is 2.00 bits per heavy atom. The van der Waals surface area contributed by atoms with Crippen molar-refractivity contribution in [1.82, 2.24) is 9.97 Å². The van der Waals surface area contributed by atoms with Gasteiger partial charge in [-0.2, -0.15) is 0 Å². The minimum absolute atomic E-state index is 0.143. The van der Waals surface area contributed by atoms with E-state index >= 15 is 0 Å². The van der Waals surface area contributed by atoms with E-state index in [2.05, 4.69) is 9.97 Å². The predicted molar refractivity (Wildman–Crippen MR) is 87.3 cm³/mol. The summed E-state index contributed by atoms with van der Waals surface area (Å²) < 4.78 is 5.01. The molecule has 3 rings (SSSR count). The van der Waals surface area contributed by atoms with Crippen LogP contribution < -0.4 is 15.7 Å². The zero-order valence-electron chi connectivity index (χ0n) is 12.0. The fourth-order valence-corrected chi connectivity index (χ4v) is 2.44. The summed E-state index contributed by atoms with van der Waals surface area (Å²) in [6.45, 7) is 0. The van der Waals surface area contributed by atoms with E-state index < -0.39 is 11.0 Å². The fourth-order valence-electron chi connectivity index (χ4n) is 2.27. The Labute approximate surface area is 135 Å². The highest BCUT2D eigenvalue weighted by Crippen LogP contribution is 2.31. The summed E-state index contributed by atoms with van der Waals surface area (Å²) >= 11 is 5.89. The summed E-state index contributed by atoms with van der Waals surface area (Å²) in [4.78, 5) is 31.0. The van der Waals surface area contributed by atoms with Crippen molar-refractivity contribution in [3.8, 4) is 22.9 Å². The second kappa shape index (κ2) is 5.73. The number of hydrogen-bond donors (Lipinski definition) is 2. The van der Waals surface area contributed by atoms with Gasteiger partial charge in [-0.05, 0) is 24.3 Å². The number of aromatic hydroxyl groups is 1. The molecule has 0 unspecified atom stereocenters. The summed E-state index contributed by atoms with van der Waals surface area (Å²) in [7, 11) is 1.43. The van der Waals surface area contributed by atoms with Gasteiger partial charge < -0.3 is 14.8 Å². The minimum atomic E-state index is -0.893. The first-order valence-electron chi connectivity index (χ1n) is 6.61. The third kappa shape index (κ3) is 2.64. The fraction of sp³-hybridized carbons (Fsp3) is 0.0625. The molecule has 116 valence electrons. The molecule has 0 aliphatic rings. The van der Waals surface area contributed by atoms with Crippen LogP contribution in [0.4, 0.5) is 0 Å². The number of nitrogens with zero attached hydrogens (tertiary/aromatic N) is 1. The molecule has 0 atom stereocenters. The third-order valence-corrected chi connectivity index (χ3v) is 3.58. The van der Waals surface area contributed by atoms with Crippen molar-refractivity contribution >= 4 is 22.5 Å². The van der Waals surface area contributed by atoms with Gasteiger partial charge in [-0.1, -0.05) is 17.7 Å². The molecule has 2 N–H and O–H groups in total. The zero-order valence-corrected chi connectivity index (χ0v) is 12.7. The van der Waals surface area contributed by atoms with Crippen molar-refractivity contribution < 1.29 is 9.84 Å². The van der Waals surface area contributed by atoms with E-state index in [4.69, 9.17) is 16.3 Å². The lowest BCUT2D eigenvalue weighted by Gasteiger charge is -2.04. The number of ether oxygens (including phenoxy) is 1. The van der Waals surface area contributed by atoms with Crippen molar-refractivity contribution in [2.45, 2.75) is 0 Å². The average molecular weight is 331 g/mol. The Morgan fingerprint density at radius 1 is 1.22 bits per heavy atom. The SMILES string of the molecule is COc1cccc(-c2c(O)c3ccc(Cl)cc3[nH]c(=O)c2=O)n1. The molecular weight excluding hydrogens is 320 g/mol. The van der Waals surface area contributed by atoms with Crippen LogP contribution in [0, 0.1) is 0 Å². The monoisotopic (exact) mass is 330 g/mol. The van der Waals surface area contributed by atoms with Crippen molar-refractivity contribution in [1.29, 1.82) is 0 Å². The zero-order chi connectivity index (χ0) is 16.6. The van der Waals surface area contributed by atoms with Crippen LogP contribution in [-0.2, 0) is 0 Å². The van der Waals surface area contributed by atoms with Crippen molar-refractivity contribution in [3.05, 3.63) is 62.0 Å². The molecule has 0 saturated carbocycles. The number of H-pyrrole nitrogens is 1. The Kier molecular flexibility index (Phi) is 3.75. The number of halogens is 1. The quantitative estimate of drug-likeness (QED) is 0.703. The van der Waals surface area contributed by atoms with Crippen LogP contribution in [0.1, 0.15) is 0 Å². The normalized spacial score (nSPS) is 10.7. The van der Waals surface area contributed by atoms with Gasteiger partial charge >= 0.3 is 0 Å². The summed E-state index contributed by atoms with van der Waals surface area (Å²) in [6, 6.07) is 9.25. The van der Waals surface area contributed by atoms with Gasteiger partial charge in [-0.25, -0.2) is 4.98 Å². The van der Waals surface area contributed by atoms with Gasteiger partial charge in [-0.15, -0.1) is 0 Å². The van der Waals surface area contributed by atoms with E-state index in [0.29, 0.717) is 5.02 Å². The molecule has 0 aliphatic carbocycles. The van der Waals surface area contributed by atoms with Gasteiger partial charge in [0, 0.05) is 16.5 Å². The summed E-state index contributed by atoms with van der Waals surface area (Å²) in [5, 5.41) is 11.2. The maximum absolute atomic E-state index is 12.4. The topological polar surface area (TPSA) is 92.3 Å². The average Bonchev–Trinajstić information content (AvgIpc) is 2.63. The van der Waals surface area contributed by atoms with Crippen molar-refractivity contribution in [3.63, 3.8) is 0 Å². The van der Waals surface area contributed by atoms with Crippen LogP contribution in [0.15, 0.2) is 46.0 Å². The van der Waals surface area contributed by atoms with Crippen molar-refractivity contribution in [2.24, 2.45) is 0 Å². The highest BCUT2D eigenvalue weighted by atomic mass is 35.5. The van der Waals surface area contributed by atoms with Crippen LogP contribution in [0.5, 0.6) is 11.6 Å². The van der Waals surface area contributed by atoms with Crippen LogP contribution in [0.3, 0.4) is 0 Å². The lowest BCUT2D eigenvalue weighted by Crippen LogP contribution is -2.25. The van der Waals surface area contributed by atoms with E-state index in [9.17, 15) is 14.7 Å². The van der Waals surface area contributed by atoms with Gasteiger partial charge in [0.05, 0.1) is 23.9 Å². The minimum Gasteiger partial charge on any atom is -0.506 e. The molecule has 1 aromatic carbocycles. The van der Waals surface area contributed by atoms with Gasteiger partial charge in [-0.3, -0.25) is 9.59 Å². The number of fused-ring (bicyclic) bond motifs is 1. The van der Waals surface area contributed by atoms with Gasteiger partial charge in [0.1, 0.15) is 5.75 Å². The molecule has 2 aromatic heterocycles. The number of methoxy groups -OCH3 is 1. The Hall–Kier alpha value is -2.86. The van der Waals surface area contributed by atoms with Crippen molar-refractivity contribution in [2.75, 3.05) is 7.11 Å². The molecule has 0 saturated heterocycles. The van der Waals surface area contributed by atoms with Crippen LogP contribution in [0.2, 0.25) is 5.02 Å². The number of rotatable bonds is 2.